The molecule has 0 spiro atoms. The number of carbonyl (C=O) groups excluding carboxylic acids is 2. The number of rotatable bonds is 8. The smallest absolute Gasteiger partial charge is 0.310 e. The van der Waals surface area contributed by atoms with Crippen molar-refractivity contribution >= 4 is 11.9 Å². The van der Waals surface area contributed by atoms with Crippen molar-refractivity contribution < 1.29 is 19.1 Å². The Morgan fingerprint density at radius 3 is 2.19 bits per heavy atom. The molecule has 4 heteroatoms. The fourth-order valence-corrected chi connectivity index (χ4v) is 2.18. The molecule has 0 saturated carbocycles. The predicted octanol–water partition coefficient (Wildman–Crippen LogP) is 3.52. The zero-order valence-corrected chi connectivity index (χ0v) is 14.1. The van der Waals surface area contributed by atoms with Gasteiger partial charge in [-0.1, -0.05) is 32.4 Å². The first-order chi connectivity index (χ1) is 9.71. The zero-order chi connectivity index (χ0) is 16.6. The van der Waals surface area contributed by atoms with E-state index in [2.05, 4.69) is 6.58 Å². The van der Waals surface area contributed by atoms with E-state index in [0.29, 0.717) is 6.42 Å². The minimum Gasteiger partial charge on any atom is -0.469 e. The highest BCUT2D eigenvalue weighted by atomic mass is 16.5. The standard InChI is InChI=1S/C17H28O4/c1-8-13(15(18)21-11-10-12(3)4)14(16(19)20-7)17(5,6)9-2/h9-10,13-14H,2,8,11H2,1,3-7H3. The van der Waals surface area contributed by atoms with Crippen molar-refractivity contribution in [2.75, 3.05) is 13.7 Å². The van der Waals surface area contributed by atoms with Crippen LogP contribution in [-0.2, 0) is 19.1 Å². The first-order valence-corrected chi connectivity index (χ1v) is 7.22. The van der Waals surface area contributed by atoms with Crippen molar-refractivity contribution in [3.8, 4) is 0 Å². The summed E-state index contributed by atoms with van der Waals surface area (Å²) in [5.41, 5.74) is 0.523. The zero-order valence-electron chi connectivity index (χ0n) is 14.1. The van der Waals surface area contributed by atoms with Crippen LogP contribution in [0.25, 0.3) is 0 Å². The number of esters is 2. The summed E-state index contributed by atoms with van der Waals surface area (Å²) in [7, 11) is 1.33. The number of methoxy groups -OCH3 is 1. The Hall–Kier alpha value is -1.58. The minimum absolute atomic E-state index is 0.222. The van der Waals surface area contributed by atoms with Gasteiger partial charge in [0.05, 0.1) is 18.9 Å². The molecular weight excluding hydrogens is 268 g/mol. The van der Waals surface area contributed by atoms with Crippen molar-refractivity contribution in [3.05, 3.63) is 24.3 Å². The van der Waals surface area contributed by atoms with Crippen LogP contribution in [-0.4, -0.2) is 25.7 Å². The van der Waals surface area contributed by atoms with Gasteiger partial charge in [-0.25, -0.2) is 0 Å². The average Bonchev–Trinajstić information content (AvgIpc) is 2.42. The lowest BCUT2D eigenvalue weighted by atomic mass is 9.71. The molecule has 0 aromatic carbocycles. The third-order valence-corrected chi connectivity index (χ3v) is 3.64. The lowest BCUT2D eigenvalue weighted by molar-refractivity contribution is -0.162. The number of allylic oxidation sites excluding steroid dienone is 2. The SMILES string of the molecule is C=CC(C)(C)C(C(=O)OC)C(CC)C(=O)OCC=C(C)C. The van der Waals surface area contributed by atoms with Crippen LogP contribution in [0, 0.1) is 17.3 Å². The normalized spacial score (nSPS) is 13.8. The lowest BCUT2D eigenvalue weighted by Crippen LogP contribution is -2.40. The molecule has 4 nitrogen and oxygen atoms in total. The summed E-state index contributed by atoms with van der Waals surface area (Å²) in [6, 6.07) is 0. The largest absolute Gasteiger partial charge is 0.469 e. The molecule has 2 atom stereocenters. The van der Waals surface area contributed by atoms with Crippen molar-refractivity contribution in [2.24, 2.45) is 17.3 Å². The van der Waals surface area contributed by atoms with E-state index >= 15 is 0 Å². The van der Waals surface area contributed by atoms with Crippen LogP contribution in [0.3, 0.4) is 0 Å². The van der Waals surface area contributed by atoms with Gasteiger partial charge in [-0.15, -0.1) is 6.58 Å². The highest BCUT2D eigenvalue weighted by Gasteiger charge is 2.43. The first-order valence-electron chi connectivity index (χ1n) is 7.22. The van der Waals surface area contributed by atoms with Gasteiger partial charge in [0.2, 0.25) is 0 Å². The van der Waals surface area contributed by atoms with Crippen LogP contribution >= 0.6 is 0 Å². The average molecular weight is 296 g/mol. The van der Waals surface area contributed by atoms with E-state index in [1.54, 1.807) is 6.08 Å². The first kappa shape index (κ1) is 19.4. The molecule has 0 N–H and O–H groups in total. The fourth-order valence-electron chi connectivity index (χ4n) is 2.18. The van der Waals surface area contributed by atoms with Gasteiger partial charge < -0.3 is 9.47 Å². The number of hydrogen-bond donors (Lipinski definition) is 0. The maximum Gasteiger partial charge on any atom is 0.310 e. The van der Waals surface area contributed by atoms with Gasteiger partial charge in [-0.05, 0) is 31.8 Å². The molecule has 0 amide bonds. The molecule has 0 radical (unpaired) electrons. The summed E-state index contributed by atoms with van der Waals surface area (Å²) in [6.07, 6.45) is 4.02. The molecule has 0 aromatic heterocycles. The van der Waals surface area contributed by atoms with Gasteiger partial charge >= 0.3 is 11.9 Å². The van der Waals surface area contributed by atoms with Gasteiger partial charge in [0, 0.05) is 0 Å². The summed E-state index contributed by atoms with van der Waals surface area (Å²) < 4.78 is 10.1. The van der Waals surface area contributed by atoms with Crippen molar-refractivity contribution in [1.82, 2.24) is 0 Å². The van der Waals surface area contributed by atoms with E-state index in [1.807, 2.05) is 40.7 Å². The summed E-state index contributed by atoms with van der Waals surface area (Å²) >= 11 is 0. The summed E-state index contributed by atoms with van der Waals surface area (Å²) in [5, 5.41) is 0. The van der Waals surface area contributed by atoms with E-state index < -0.39 is 23.2 Å². The Morgan fingerprint density at radius 1 is 1.24 bits per heavy atom. The van der Waals surface area contributed by atoms with Crippen LogP contribution < -0.4 is 0 Å². The number of carbonyl (C=O) groups is 2. The second-order valence-corrected chi connectivity index (χ2v) is 5.95. The number of ether oxygens (including phenoxy) is 2. The highest BCUT2D eigenvalue weighted by molar-refractivity contribution is 5.83. The monoisotopic (exact) mass is 296 g/mol. The van der Waals surface area contributed by atoms with E-state index in [9.17, 15) is 9.59 Å². The van der Waals surface area contributed by atoms with Crippen molar-refractivity contribution in [2.45, 2.75) is 41.0 Å². The molecule has 0 aliphatic carbocycles. The molecule has 0 aliphatic rings. The molecule has 0 bridgehead atoms. The van der Waals surface area contributed by atoms with Gasteiger partial charge in [-0.2, -0.15) is 0 Å². The molecule has 0 saturated heterocycles. The Kier molecular flexibility index (Phi) is 8.00. The molecule has 0 fully saturated rings. The van der Waals surface area contributed by atoms with Crippen LogP contribution in [0.4, 0.5) is 0 Å². The molecule has 0 heterocycles. The predicted molar refractivity (Wildman–Crippen MR) is 83.7 cm³/mol. The Bertz CT molecular complexity index is 403. The quantitative estimate of drug-likeness (QED) is 0.508. The second-order valence-electron chi connectivity index (χ2n) is 5.95. The van der Waals surface area contributed by atoms with Crippen LogP contribution in [0.5, 0.6) is 0 Å². The van der Waals surface area contributed by atoms with Gasteiger partial charge in [0.1, 0.15) is 6.61 Å². The maximum absolute atomic E-state index is 12.3. The van der Waals surface area contributed by atoms with Crippen LogP contribution in [0.15, 0.2) is 24.3 Å². The summed E-state index contributed by atoms with van der Waals surface area (Å²) in [5.74, 6) is -1.94. The van der Waals surface area contributed by atoms with E-state index in [4.69, 9.17) is 9.47 Å². The topological polar surface area (TPSA) is 52.6 Å². The molecular formula is C17H28O4. The second kappa shape index (κ2) is 8.65. The van der Waals surface area contributed by atoms with E-state index in [-0.39, 0.29) is 12.6 Å². The molecule has 120 valence electrons. The summed E-state index contributed by atoms with van der Waals surface area (Å²) in [6.45, 7) is 13.5. The fraction of sp³-hybridized carbons (Fsp3) is 0.647. The van der Waals surface area contributed by atoms with Crippen molar-refractivity contribution in [1.29, 1.82) is 0 Å². The van der Waals surface area contributed by atoms with Gasteiger partial charge in [0.15, 0.2) is 0 Å². The Labute approximate surface area is 128 Å². The molecule has 2 unspecified atom stereocenters. The lowest BCUT2D eigenvalue weighted by Gasteiger charge is -2.33. The molecule has 0 aliphatic heterocycles. The summed E-state index contributed by atoms with van der Waals surface area (Å²) in [4.78, 5) is 24.4. The highest BCUT2D eigenvalue weighted by Crippen LogP contribution is 2.37. The third-order valence-electron chi connectivity index (χ3n) is 3.64. The third kappa shape index (κ3) is 5.74. The van der Waals surface area contributed by atoms with Crippen LogP contribution in [0.1, 0.15) is 41.0 Å². The van der Waals surface area contributed by atoms with Crippen LogP contribution in [0.2, 0.25) is 0 Å². The van der Waals surface area contributed by atoms with Crippen molar-refractivity contribution in [3.63, 3.8) is 0 Å². The molecule has 0 rings (SSSR count). The molecule has 21 heavy (non-hydrogen) atoms. The van der Waals surface area contributed by atoms with Gasteiger partial charge in [-0.3, -0.25) is 9.59 Å². The Morgan fingerprint density at radius 2 is 1.81 bits per heavy atom. The molecule has 0 aromatic rings. The van der Waals surface area contributed by atoms with E-state index in [0.717, 1.165) is 5.57 Å². The minimum atomic E-state index is -0.607. The van der Waals surface area contributed by atoms with E-state index in [1.165, 1.54) is 7.11 Å². The van der Waals surface area contributed by atoms with Gasteiger partial charge in [0.25, 0.3) is 0 Å². The number of hydrogen-bond acceptors (Lipinski definition) is 4. The Balaban J connectivity index is 5.23. The maximum atomic E-state index is 12.3.